The quantitative estimate of drug-likeness (QED) is 0.330. The van der Waals surface area contributed by atoms with Gasteiger partial charge in [-0.05, 0) is 19.9 Å². The Morgan fingerprint density at radius 3 is 2.22 bits per heavy atom. The van der Waals surface area contributed by atoms with Crippen molar-refractivity contribution in [1.82, 2.24) is 0 Å². The average molecular weight is 145 g/mol. The van der Waals surface area contributed by atoms with E-state index < -0.39 is 0 Å². The van der Waals surface area contributed by atoms with Gasteiger partial charge in [0.1, 0.15) is 6.29 Å². The van der Waals surface area contributed by atoms with E-state index in [-0.39, 0.29) is 0 Å². The number of aldehydes is 1. The lowest BCUT2D eigenvalue weighted by molar-refractivity contribution is -0.104. The van der Waals surface area contributed by atoms with E-state index in [9.17, 15) is 4.79 Å². The van der Waals surface area contributed by atoms with E-state index >= 15 is 0 Å². The molecule has 0 aliphatic carbocycles. The summed E-state index contributed by atoms with van der Waals surface area (Å²) in [6.07, 6.45) is 4.10. The third-order valence-electron chi connectivity index (χ3n) is 0.835. The maximum absolute atomic E-state index is 10.1. The molecule has 0 aliphatic heterocycles. The van der Waals surface area contributed by atoms with Crippen LogP contribution in [-0.2, 0) is 4.79 Å². The van der Waals surface area contributed by atoms with Crippen molar-refractivity contribution in [1.29, 1.82) is 0 Å². The number of carbonyl (C=O) groups is 1. The SMILES string of the molecule is C/C=C(C=O)\C=C(/C)Cl. The molecule has 0 rings (SSSR count). The summed E-state index contributed by atoms with van der Waals surface area (Å²) in [6.45, 7) is 3.52. The minimum absolute atomic E-state index is 0.613. The van der Waals surface area contributed by atoms with Crippen molar-refractivity contribution in [2.24, 2.45) is 0 Å². The molecule has 0 N–H and O–H groups in total. The van der Waals surface area contributed by atoms with Crippen LogP contribution in [0.15, 0.2) is 22.8 Å². The van der Waals surface area contributed by atoms with Crippen molar-refractivity contribution in [2.45, 2.75) is 13.8 Å². The van der Waals surface area contributed by atoms with Gasteiger partial charge in [0.15, 0.2) is 0 Å². The van der Waals surface area contributed by atoms with Crippen LogP contribution in [0.4, 0.5) is 0 Å². The van der Waals surface area contributed by atoms with Crippen LogP contribution in [-0.4, -0.2) is 6.29 Å². The Morgan fingerprint density at radius 1 is 1.56 bits per heavy atom. The van der Waals surface area contributed by atoms with Gasteiger partial charge < -0.3 is 0 Å². The van der Waals surface area contributed by atoms with Crippen LogP contribution in [0.25, 0.3) is 0 Å². The molecule has 0 bridgehead atoms. The lowest BCUT2D eigenvalue weighted by Crippen LogP contribution is -1.76. The van der Waals surface area contributed by atoms with Crippen molar-refractivity contribution in [3.8, 4) is 0 Å². The van der Waals surface area contributed by atoms with Crippen LogP contribution < -0.4 is 0 Å². The number of hydrogen-bond donors (Lipinski definition) is 0. The van der Waals surface area contributed by atoms with E-state index in [1.54, 1.807) is 26.0 Å². The number of carbonyl (C=O) groups excluding carboxylic acids is 1. The zero-order chi connectivity index (χ0) is 7.28. The van der Waals surface area contributed by atoms with E-state index in [0.29, 0.717) is 10.6 Å². The van der Waals surface area contributed by atoms with Crippen molar-refractivity contribution in [3.63, 3.8) is 0 Å². The van der Waals surface area contributed by atoms with Gasteiger partial charge in [-0.3, -0.25) is 4.79 Å². The second kappa shape index (κ2) is 4.33. The van der Waals surface area contributed by atoms with Crippen LogP contribution in [0.5, 0.6) is 0 Å². The van der Waals surface area contributed by atoms with E-state index in [2.05, 4.69) is 0 Å². The molecule has 0 fully saturated rings. The molecule has 0 amide bonds. The Morgan fingerprint density at radius 2 is 2.11 bits per heavy atom. The molecule has 1 nitrogen and oxygen atoms in total. The summed E-state index contributed by atoms with van der Waals surface area (Å²) in [7, 11) is 0. The Bertz CT molecular complexity index is 152. The van der Waals surface area contributed by atoms with Crippen LogP contribution >= 0.6 is 11.6 Å². The minimum Gasteiger partial charge on any atom is -0.298 e. The molecule has 0 aromatic carbocycles. The summed E-state index contributed by atoms with van der Waals surface area (Å²) in [6, 6.07) is 0. The number of allylic oxidation sites excluding steroid dienone is 4. The van der Waals surface area contributed by atoms with Gasteiger partial charge in [0.2, 0.25) is 0 Å². The zero-order valence-corrected chi connectivity index (χ0v) is 6.27. The summed E-state index contributed by atoms with van der Waals surface area (Å²) < 4.78 is 0. The van der Waals surface area contributed by atoms with Crippen molar-refractivity contribution in [2.75, 3.05) is 0 Å². The molecule has 0 aromatic heterocycles. The molecule has 0 saturated heterocycles. The normalized spacial score (nSPS) is 13.7. The molecule has 0 aromatic rings. The fourth-order valence-electron chi connectivity index (χ4n) is 0.415. The molecule has 2 heteroatoms. The molecule has 0 unspecified atom stereocenters. The Labute approximate surface area is 60.0 Å². The van der Waals surface area contributed by atoms with Gasteiger partial charge in [-0.1, -0.05) is 17.7 Å². The minimum atomic E-state index is 0.613. The standard InChI is InChI=1S/C7H9ClO/c1-3-7(5-9)4-6(2)8/h3-5H,1-2H3/b6-4+,7-3+. The number of hydrogen-bond acceptors (Lipinski definition) is 1. The van der Waals surface area contributed by atoms with Crippen molar-refractivity contribution in [3.05, 3.63) is 22.8 Å². The average Bonchev–Trinajstić information content (AvgIpc) is 1.82. The summed E-state index contributed by atoms with van der Waals surface area (Å²) in [5.41, 5.74) is 0.613. The molecule has 0 atom stereocenters. The van der Waals surface area contributed by atoms with Gasteiger partial charge in [0.05, 0.1) is 0 Å². The summed E-state index contributed by atoms with van der Waals surface area (Å²) >= 11 is 5.49. The molecular formula is C7H9ClO. The Balaban J connectivity index is 4.18. The second-order valence-corrected chi connectivity index (χ2v) is 2.23. The first-order valence-corrected chi connectivity index (χ1v) is 3.03. The topological polar surface area (TPSA) is 17.1 Å². The third kappa shape index (κ3) is 3.98. The highest BCUT2D eigenvalue weighted by atomic mass is 35.5. The van der Waals surface area contributed by atoms with Gasteiger partial charge in [-0.15, -0.1) is 0 Å². The molecule has 0 radical (unpaired) electrons. The fraction of sp³-hybridized carbons (Fsp3) is 0.286. The van der Waals surface area contributed by atoms with E-state index in [0.717, 1.165) is 6.29 Å². The van der Waals surface area contributed by atoms with Crippen LogP contribution in [0.2, 0.25) is 0 Å². The highest BCUT2D eigenvalue weighted by Gasteiger charge is 1.85. The van der Waals surface area contributed by atoms with E-state index in [1.807, 2.05) is 0 Å². The molecule has 0 heterocycles. The summed E-state index contributed by atoms with van der Waals surface area (Å²) in [5.74, 6) is 0. The van der Waals surface area contributed by atoms with Crippen LogP contribution in [0.1, 0.15) is 13.8 Å². The zero-order valence-electron chi connectivity index (χ0n) is 5.52. The van der Waals surface area contributed by atoms with Gasteiger partial charge in [0, 0.05) is 10.6 Å². The number of rotatable bonds is 2. The first-order chi connectivity index (χ1) is 4.20. The lowest BCUT2D eigenvalue weighted by Gasteiger charge is -1.85. The van der Waals surface area contributed by atoms with E-state index in [1.165, 1.54) is 0 Å². The highest BCUT2D eigenvalue weighted by molar-refractivity contribution is 6.29. The first kappa shape index (κ1) is 8.44. The van der Waals surface area contributed by atoms with E-state index in [4.69, 9.17) is 11.6 Å². The molecule has 9 heavy (non-hydrogen) atoms. The first-order valence-electron chi connectivity index (χ1n) is 2.66. The highest BCUT2D eigenvalue weighted by Crippen LogP contribution is 2.02. The Hall–Kier alpha value is -0.560. The van der Waals surface area contributed by atoms with Crippen molar-refractivity contribution >= 4 is 17.9 Å². The van der Waals surface area contributed by atoms with Gasteiger partial charge in [0.25, 0.3) is 0 Å². The maximum Gasteiger partial charge on any atom is 0.149 e. The molecule has 0 saturated carbocycles. The van der Waals surface area contributed by atoms with Gasteiger partial charge in [-0.2, -0.15) is 0 Å². The second-order valence-electron chi connectivity index (χ2n) is 1.64. The Kier molecular flexibility index (Phi) is 4.06. The van der Waals surface area contributed by atoms with Crippen LogP contribution in [0.3, 0.4) is 0 Å². The number of halogens is 1. The van der Waals surface area contributed by atoms with Crippen molar-refractivity contribution < 1.29 is 4.79 Å². The fourth-order valence-corrected chi connectivity index (χ4v) is 0.541. The smallest absolute Gasteiger partial charge is 0.149 e. The predicted octanol–water partition coefficient (Wildman–Crippen LogP) is 2.27. The lowest BCUT2D eigenvalue weighted by atomic mass is 10.2. The molecule has 0 spiro atoms. The van der Waals surface area contributed by atoms with Crippen LogP contribution in [0, 0.1) is 0 Å². The third-order valence-corrected chi connectivity index (χ3v) is 0.944. The monoisotopic (exact) mass is 144 g/mol. The van der Waals surface area contributed by atoms with Gasteiger partial charge >= 0.3 is 0 Å². The summed E-state index contributed by atoms with van der Waals surface area (Å²) in [4.78, 5) is 10.1. The molecule has 0 aliphatic rings. The molecule has 50 valence electrons. The van der Waals surface area contributed by atoms with Gasteiger partial charge in [-0.25, -0.2) is 0 Å². The summed E-state index contributed by atoms with van der Waals surface area (Å²) in [5, 5.41) is 0.621. The maximum atomic E-state index is 10.1. The predicted molar refractivity (Wildman–Crippen MR) is 39.4 cm³/mol. The molecular weight excluding hydrogens is 136 g/mol. The largest absolute Gasteiger partial charge is 0.298 e.